The lowest BCUT2D eigenvalue weighted by Gasteiger charge is -2.11. The van der Waals surface area contributed by atoms with E-state index in [2.05, 4.69) is 11.5 Å². The minimum atomic E-state index is 0.934. The molecule has 1 heterocycles. The maximum absolute atomic E-state index is 3.63. The molecule has 2 heteroatoms. The largest absolute Gasteiger partial charge is 0.361 e. The third kappa shape index (κ3) is 0.832. The van der Waals surface area contributed by atoms with Crippen LogP contribution in [0.5, 0.6) is 0 Å². The second kappa shape index (κ2) is 1.90. The van der Waals surface area contributed by atoms with Gasteiger partial charge in [0, 0.05) is 19.4 Å². The van der Waals surface area contributed by atoms with Crippen molar-refractivity contribution in [3.8, 4) is 0 Å². The fourth-order valence-electron chi connectivity index (χ4n) is 0.670. The molecule has 0 aromatic rings. The Morgan fingerprint density at radius 1 is 1.62 bits per heavy atom. The molecule has 1 aliphatic rings. The lowest BCUT2D eigenvalue weighted by molar-refractivity contribution is 0.364. The molecule has 0 radical (unpaired) electrons. The number of nitrogens with zero attached hydrogens (tertiary/aromatic N) is 2. The Bertz CT molecular complexity index is 118. The van der Waals surface area contributed by atoms with Crippen LogP contribution in [-0.4, -0.2) is 23.5 Å². The Morgan fingerprint density at radius 2 is 2.38 bits per heavy atom. The summed E-state index contributed by atoms with van der Waals surface area (Å²) in [5.41, 5.74) is 0. The van der Waals surface area contributed by atoms with Gasteiger partial charge < -0.3 is 9.80 Å². The minimum Gasteiger partial charge on any atom is -0.361 e. The van der Waals surface area contributed by atoms with Gasteiger partial charge in [-0.15, -0.1) is 0 Å². The molecule has 44 valence electrons. The molecule has 1 rings (SSSR count). The van der Waals surface area contributed by atoms with Gasteiger partial charge in [0.05, 0.1) is 6.67 Å². The standard InChI is InChI=1S/C6H10N2/c1-3-8-5-4-7(2)6-8/h3-5H,1,6H2,2H3. The van der Waals surface area contributed by atoms with E-state index in [4.69, 9.17) is 0 Å². The molecule has 0 unspecified atom stereocenters. The Morgan fingerprint density at radius 3 is 2.62 bits per heavy atom. The second-order valence-corrected chi connectivity index (χ2v) is 1.89. The fraction of sp³-hybridized carbons (Fsp3) is 0.333. The first-order valence-electron chi connectivity index (χ1n) is 2.60. The number of hydrogen-bond donors (Lipinski definition) is 0. The van der Waals surface area contributed by atoms with E-state index >= 15 is 0 Å². The van der Waals surface area contributed by atoms with Crippen molar-refractivity contribution in [2.75, 3.05) is 13.7 Å². The lowest BCUT2D eigenvalue weighted by Crippen LogP contribution is -2.16. The lowest BCUT2D eigenvalue weighted by atomic mass is 10.8. The Kier molecular flexibility index (Phi) is 1.24. The third-order valence-electron chi connectivity index (χ3n) is 1.13. The summed E-state index contributed by atoms with van der Waals surface area (Å²) in [6.45, 7) is 4.56. The molecule has 0 spiro atoms. The topological polar surface area (TPSA) is 6.48 Å². The molecule has 0 aromatic carbocycles. The molecular formula is C6H10N2. The molecule has 0 aliphatic carbocycles. The monoisotopic (exact) mass is 110 g/mol. The summed E-state index contributed by atoms with van der Waals surface area (Å²) in [6, 6.07) is 0. The number of rotatable bonds is 1. The van der Waals surface area contributed by atoms with Crippen LogP contribution in [0.1, 0.15) is 0 Å². The van der Waals surface area contributed by atoms with Gasteiger partial charge in [-0.3, -0.25) is 0 Å². The van der Waals surface area contributed by atoms with E-state index in [9.17, 15) is 0 Å². The van der Waals surface area contributed by atoms with E-state index in [0.29, 0.717) is 0 Å². The maximum atomic E-state index is 3.63. The first-order valence-corrected chi connectivity index (χ1v) is 2.60. The summed E-state index contributed by atoms with van der Waals surface area (Å²) in [6.07, 6.45) is 5.81. The molecule has 1 aliphatic heterocycles. The smallest absolute Gasteiger partial charge is 0.0932 e. The zero-order valence-corrected chi connectivity index (χ0v) is 5.04. The maximum Gasteiger partial charge on any atom is 0.0932 e. The molecule has 0 saturated carbocycles. The fourth-order valence-corrected chi connectivity index (χ4v) is 0.670. The third-order valence-corrected chi connectivity index (χ3v) is 1.13. The van der Waals surface area contributed by atoms with E-state index in [1.54, 1.807) is 6.20 Å². The van der Waals surface area contributed by atoms with Crippen molar-refractivity contribution in [3.63, 3.8) is 0 Å². The summed E-state index contributed by atoms with van der Waals surface area (Å²) < 4.78 is 0. The molecule has 0 N–H and O–H groups in total. The van der Waals surface area contributed by atoms with E-state index in [1.807, 2.05) is 24.3 Å². The highest BCUT2D eigenvalue weighted by Gasteiger charge is 2.01. The van der Waals surface area contributed by atoms with Crippen molar-refractivity contribution < 1.29 is 0 Å². The van der Waals surface area contributed by atoms with Crippen LogP contribution in [0.2, 0.25) is 0 Å². The molecule has 2 nitrogen and oxygen atoms in total. The predicted molar refractivity (Wildman–Crippen MR) is 33.8 cm³/mol. The van der Waals surface area contributed by atoms with E-state index in [1.165, 1.54) is 0 Å². The van der Waals surface area contributed by atoms with E-state index in [-0.39, 0.29) is 0 Å². The van der Waals surface area contributed by atoms with Gasteiger partial charge in [-0.1, -0.05) is 6.58 Å². The molecule has 0 saturated heterocycles. The van der Waals surface area contributed by atoms with Crippen LogP contribution in [-0.2, 0) is 0 Å². The van der Waals surface area contributed by atoms with Gasteiger partial charge >= 0.3 is 0 Å². The minimum absolute atomic E-state index is 0.934. The zero-order valence-electron chi connectivity index (χ0n) is 5.04. The van der Waals surface area contributed by atoms with E-state index in [0.717, 1.165) is 6.67 Å². The van der Waals surface area contributed by atoms with Crippen molar-refractivity contribution in [2.24, 2.45) is 0 Å². The Labute approximate surface area is 49.7 Å². The zero-order chi connectivity index (χ0) is 5.98. The normalized spacial score (nSPS) is 17.6. The summed E-state index contributed by atoms with van der Waals surface area (Å²) in [5.74, 6) is 0. The predicted octanol–water partition coefficient (Wildman–Crippen LogP) is 0.806. The average molecular weight is 110 g/mol. The summed E-state index contributed by atoms with van der Waals surface area (Å²) >= 11 is 0. The first-order chi connectivity index (χ1) is 3.83. The van der Waals surface area contributed by atoms with E-state index < -0.39 is 0 Å². The average Bonchev–Trinajstić information content (AvgIpc) is 2.14. The van der Waals surface area contributed by atoms with Crippen molar-refractivity contribution in [1.29, 1.82) is 0 Å². The van der Waals surface area contributed by atoms with Crippen LogP contribution in [0.15, 0.2) is 25.2 Å². The van der Waals surface area contributed by atoms with Crippen molar-refractivity contribution in [3.05, 3.63) is 25.2 Å². The van der Waals surface area contributed by atoms with Crippen LogP contribution in [0, 0.1) is 0 Å². The molecule has 0 fully saturated rings. The van der Waals surface area contributed by atoms with Gasteiger partial charge in [-0.2, -0.15) is 0 Å². The van der Waals surface area contributed by atoms with Crippen molar-refractivity contribution in [1.82, 2.24) is 9.80 Å². The van der Waals surface area contributed by atoms with Crippen LogP contribution in [0.3, 0.4) is 0 Å². The van der Waals surface area contributed by atoms with Gasteiger partial charge in [0.1, 0.15) is 0 Å². The van der Waals surface area contributed by atoms with Gasteiger partial charge in [-0.05, 0) is 6.20 Å². The highest BCUT2D eigenvalue weighted by Crippen LogP contribution is 2.01. The molecule has 0 aromatic heterocycles. The van der Waals surface area contributed by atoms with Gasteiger partial charge in [0.15, 0.2) is 0 Å². The quantitative estimate of drug-likeness (QED) is 0.492. The molecule has 8 heavy (non-hydrogen) atoms. The number of hydrogen-bond acceptors (Lipinski definition) is 2. The van der Waals surface area contributed by atoms with Gasteiger partial charge in [-0.25, -0.2) is 0 Å². The highest BCUT2D eigenvalue weighted by molar-refractivity contribution is 4.93. The SMILES string of the molecule is C=CN1C=CN(C)C1. The van der Waals surface area contributed by atoms with Crippen LogP contribution in [0.25, 0.3) is 0 Å². The summed E-state index contributed by atoms with van der Waals surface area (Å²) in [5, 5.41) is 0. The summed E-state index contributed by atoms with van der Waals surface area (Å²) in [7, 11) is 2.03. The molecule has 0 bridgehead atoms. The first kappa shape index (κ1) is 5.22. The second-order valence-electron chi connectivity index (χ2n) is 1.89. The van der Waals surface area contributed by atoms with Crippen LogP contribution < -0.4 is 0 Å². The molecule has 0 atom stereocenters. The summed E-state index contributed by atoms with van der Waals surface area (Å²) in [4.78, 5) is 4.10. The van der Waals surface area contributed by atoms with Gasteiger partial charge in [0.2, 0.25) is 0 Å². The Hall–Kier alpha value is -0.920. The molecular weight excluding hydrogens is 100 g/mol. The van der Waals surface area contributed by atoms with Crippen molar-refractivity contribution >= 4 is 0 Å². The Balaban J connectivity index is 2.45. The molecule has 0 amide bonds. The van der Waals surface area contributed by atoms with Crippen LogP contribution in [0.4, 0.5) is 0 Å². The van der Waals surface area contributed by atoms with Gasteiger partial charge in [0.25, 0.3) is 0 Å². The van der Waals surface area contributed by atoms with Crippen molar-refractivity contribution in [2.45, 2.75) is 0 Å². The highest BCUT2D eigenvalue weighted by atomic mass is 15.3. The van der Waals surface area contributed by atoms with Crippen LogP contribution >= 0.6 is 0 Å².